The maximum Gasteiger partial charge on any atom is 0.306 e. The molecule has 0 aromatic heterocycles. The van der Waals surface area contributed by atoms with Crippen LogP contribution in [0.1, 0.15) is 162 Å². The molecule has 0 radical (unpaired) electrons. The van der Waals surface area contributed by atoms with Crippen LogP contribution >= 0.6 is 7.82 Å². The summed E-state index contributed by atoms with van der Waals surface area (Å²) in [4.78, 5) is 25.0. The highest BCUT2D eigenvalue weighted by atomic mass is 31.2. The van der Waals surface area contributed by atoms with Crippen LogP contribution < -0.4 is 4.89 Å². The van der Waals surface area contributed by atoms with Crippen molar-refractivity contribution in [1.29, 1.82) is 0 Å². The predicted molar refractivity (Wildman–Crippen MR) is 226 cm³/mol. The molecule has 0 amide bonds. The highest BCUT2D eigenvalue weighted by molar-refractivity contribution is 7.45. The molecule has 0 aliphatic rings. The smallest absolute Gasteiger partial charge is 0.306 e. The molecular weight excluding hydrogens is 697 g/mol. The zero-order valence-electron chi connectivity index (χ0n) is 35.4. The Morgan fingerprint density at radius 3 is 1.61 bits per heavy atom. The van der Waals surface area contributed by atoms with Gasteiger partial charge in [0, 0.05) is 13.0 Å². The van der Waals surface area contributed by atoms with E-state index in [4.69, 9.17) is 18.5 Å². The minimum atomic E-state index is -4.53. The number of nitrogens with zero attached hydrogens (tertiary/aromatic N) is 1. The zero-order valence-corrected chi connectivity index (χ0v) is 36.3. The van der Waals surface area contributed by atoms with Crippen LogP contribution in [0.4, 0.5) is 0 Å². The first-order valence-electron chi connectivity index (χ1n) is 21.5. The van der Waals surface area contributed by atoms with Crippen LogP contribution in [-0.4, -0.2) is 70.7 Å². The number of phosphoric acid groups is 1. The number of carbonyl (C=O) groups excluding carboxylic acids is 1. The summed E-state index contributed by atoms with van der Waals surface area (Å²) in [5.41, 5.74) is 0. The molecule has 8 nitrogen and oxygen atoms in total. The second-order valence-electron chi connectivity index (χ2n) is 15.3. The van der Waals surface area contributed by atoms with Crippen molar-refractivity contribution in [3.8, 4) is 0 Å². The summed E-state index contributed by atoms with van der Waals surface area (Å²) in [5, 5.41) is 0. The number of esters is 1. The van der Waals surface area contributed by atoms with Crippen LogP contribution in [0.5, 0.6) is 0 Å². The molecule has 0 aromatic rings. The van der Waals surface area contributed by atoms with E-state index in [0.717, 1.165) is 83.5 Å². The van der Waals surface area contributed by atoms with Crippen molar-refractivity contribution < 1.29 is 37.3 Å². The van der Waals surface area contributed by atoms with E-state index in [0.29, 0.717) is 24.1 Å². The molecule has 0 saturated heterocycles. The van der Waals surface area contributed by atoms with E-state index in [9.17, 15) is 14.3 Å². The first-order chi connectivity index (χ1) is 26.1. The number of unbranched alkanes of at least 4 members (excludes halogenated alkanes) is 15. The van der Waals surface area contributed by atoms with Crippen molar-refractivity contribution in [3.63, 3.8) is 0 Å². The topological polar surface area (TPSA) is 94.1 Å². The number of rotatable bonds is 39. The number of hydrogen-bond donors (Lipinski definition) is 0. The van der Waals surface area contributed by atoms with Gasteiger partial charge in [-0.1, -0.05) is 145 Å². The summed E-state index contributed by atoms with van der Waals surface area (Å²) >= 11 is 0. The van der Waals surface area contributed by atoms with E-state index in [2.05, 4.69) is 74.6 Å². The highest BCUT2D eigenvalue weighted by Crippen LogP contribution is 2.38. The van der Waals surface area contributed by atoms with Crippen LogP contribution in [0.15, 0.2) is 60.8 Å². The maximum atomic E-state index is 12.7. The molecule has 2 atom stereocenters. The van der Waals surface area contributed by atoms with Crippen LogP contribution in [0.25, 0.3) is 0 Å². The molecule has 9 heteroatoms. The van der Waals surface area contributed by atoms with Gasteiger partial charge < -0.3 is 27.9 Å². The molecule has 314 valence electrons. The minimum absolute atomic E-state index is 0.0190. The molecule has 54 heavy (non-hydrogen) atoms. The van der Waals surface area contributed by atoms with Crippen LogP contribution in [0.3, 0.4) is 0 Å². The number of phosphoric ester groups is 1. The second kappa shape index (κ2) is 38.1. The lowest BCUT2D eigenvalue weighted by Gasteiger charge is -2.28. The summed E-state index contributed by atoms with van der Waals surface area (Å²) < 4.78 is 34.5. The number of hydrogen-bond acceptors (Lipinski definition) is 7. The van der Waals surface area contributed by atoms with Crippen molar-refractivity contribution in [1.82, 2.24) is 0 Å². The second-order valence-corrected chi connectivity index (χ2v) is 16.7. The summed E-state index contributed by atoms with van der Waals surface area (Å²) in [6, 6.07) is 0. The SMILES string of the molecule is CC/C=C\C/C=C\C/C=C\CCCCCCCCCCOCC(COP(=O)([O-])OCC[N+](C)(C)C)OC(=O)CCCCCCC/C=C\C/C=C\CCCC. The fourth-order valence-corrected chi connectivity index (χ4v) is 6.19. The van der Waals surface area contributed by atoms with Crippen LogP contribution in [0, 0.1) is 0 Å². The van der Waals surface area contributed by atoms with Crippen LogP contribution in [-0.2, 0) is 27.9 Å². The van der Waals surface area contributed by atoms with E-state index >= 15 is 0 Å². The number of allylic oxidation sites excluding steroid dienone is 10. The Bertz CT molecular complexity index is 1050. The molecule has 0 aliphatic carbocycles. The molecule has 0 N–H and O–H groups in total. The van der Waals surface area contributed by atoms with E-state index in [1.807, 2.05) is 21.1 Å². The largest absolute Gasteiger partial charge is 0.756 e. The number of likely N-dealkylation sites (N-methyl/N-ethyl adjacent to an activating group) is 1. The third kappa shape index (κ3) is 41.4. The third-order valence-electron chi connectivity index (χ3n) is 8.80. The van der Waals surface area contributed by atoms with Gasteiger partial charge in [0.15, 0.2) is 0 Å². The Morgan fingerprint density at radius 1 is 0.593 bits per heavy atom. The van der Waals surface area contributed by atoms with Crippen molar-refractivity contribution >= 4 is 13.8 Å². The summed E-state index contributed by atoms with van der Waals surface area (Å²) in [6.07, 6.45) is 46.6. The van der Waals surface area contributed by atoms with Gasteiger partial charge in [-0.3, -0.25) is 9.36 Å². The molecule has 0 heterocycles. The minimum Gasteiger partial charge on any atom is -0.756 e. The lowest BCUT2D eigenvalue weighted by molar-refractivity contribution is -0.870. The first-order valence-corrected chi connectivity index (χ1v) is 23.0. The summed E-state index contributed by atoms with van der Waals surface area (Å²) in [6.45, 7) is 5.21. The summed E-state index contributed by atoms with van der Waals surface area (Å²) in [7, 11) is 1.33. The standard InChI is InChI=1S/C45H82NO7P/c1-6-8-10-12-14-16-18-20-22-23-24-25-27-29-31-33-35-37-40-50-42-44(43-52-54(48,49)51-41-39-46(3,4)5)53-45(47)38-36-34-32-30-28-26-21-19-17-15-13-11-9-7-2/h8,10,13-16,19-22,44H,6-7,9,11-12,17-18,23-43H2,1-5H3/b10-8-,15-13-,16-14-,21-19-,22-20-. The van der Waals surface area contributed by atoms with Crippen molar-refractivity contribution in [2.24, 2.45) is 0 Å². The van der Waals surface area contributed by atoms with Crippen LogP contribution in [0.2, 0.25) is 0 Å². The lowest BCUT2D eigenvalue weighted by Crippen LogP contribution is -2.37. The number of ether oxygens (including phenoxy) is 2. The van der Waals surface area contributed by atoms with Crippen molar-refractivity contribution in [2.75, 3.05) is 54.1 Å². The molecule has 0 fully saturated rings. The van der Waals surface area contributed by atoms with Gasteiger partial charge in [0.1, 0.15) is 19.3 Å². The molecular formula is C45H82NO7P. The lowest BCUT2D eigenvalue weighted by atomic mass is 10.1. The predicted octanol–water partition coefficient (Wildman–Crippen LogP) is 11.9. The van der Waals surface area contributed by atoms with E-state index in [-0.39, 0.29) is 25.8 Å². The van der Waals surface area contributed by atoms with Gasteiger partial charge in [-0.25, -0.2) is 0 Å². The van der Waals surface area contributed by atoms with Gasteiger partial charge in [-0.2, -0.15) is 0 Å². The third-order valence-corrected chi connectivity index (χ3v) is 9.77. The van der Waals surface area contributed by atoms with Gasteiger partial charge in [0.25, 0.3) is 7.82 Å². The molecule has 0 bridgehead atoms. The Hall–Kier alpha value is -1.80. The van der Waals surface area contributed by atoms with E-state index in [1.165, 1.54) is 57.8 Å². The fourth-order valence-electron chi connectivity index (χ4n) is 5.46. The van der Waals surface area contributed by atoms with Gasteiger partial charge in [0.05, 0.1) is 34.4 Å². The van der Waals surface area contributed by atoms with Gasteiger partial charge >= 0.3 is 5.97 Å². The van der Waals surface area contributed by atoms with Gasteiger partial charge in [-0.05, 0) is 70.6 Å². The Kier molecular flexibility index (Phi) is 36.8. The Balaban J connectivity index is 4.27. The molecule has 0 aromatic carbocycles. The molecule has 2 unspecified atom stereocenters. The Morgan fingerprint density at radius 2 is 1.07 bits per heavy atom. The quantitative estimate of drug-likeness (QED) is 0.0202. The maximum absolute atomic E-state index is 12.7. The average molecular weight is 780 g/mol. The molecule has 0 aliphatic heterocycles. The molecule has 0 spiro atoms. The van der Waals surface area contributed by atoms with Crippen molar-refractivity contribution in [3.05, 3.63) is 60.8 Å². The monoisotopic (exact) mass is 780 g/mol. The van der Waals surface area contributed by atoms with Gasteiger partial charge in [0.2, 0.25) is 0 Å². The fraction of sp³-hybridized carbons (Fsp3) is 0.756. The molecule has 0 saturated carbocycles. The Labute approximate surface area is 332 Å². The number of quaternary nitrogens is 1. The summed E-state index contributed by atoms with van der Waals surface area (Å²) in [5.74, 6) is -0.354. The highest BCUT2D eigenvalue weighted by Gasteiger charge is 2.20. The van der Waals surface area contributed by atoms with E-state index in [1.54, 1.807) is 0 Å². The number of carbonyl (C=O) groups is 1. The zero-order chi connectivity index (χ0) is 39.9. The average Bonchev–Trinajstić information content (AvgIpc) is 3.12. The van der Waals surface area contributed by atoms with Crippen molar-refractivity contribution in [2.45, 2.75) is 168 Å². The van der Waals surface area contributed by atoms with E-state index < -0.39 is 13.9 Å². The molecule has 0 rings (SSSR count). The van der Waals surface area contributed by atoms with Gasteiger partial charge in [-0.15, -0.1) is 0 Å². The normalized spacial score (nSPS) is 14.4. The first kappa shape index (κ1) is 52.2.